The first-order valence-corrected chi connectivity index (χ1v) is 9.96. The van der Waals surface area contributed by atoms with Gasteiger partial charge in [0.2, 0.25) is 0 Å². The van der Waals surface area contributed by atoms with E-state index in [-0.39, 0.29) is 10.6 Å². The molecule has 0 unspecified atom stereocenters. The van der Waals surface area contributed by atoms with Crippen LogP contribution in [0.25, 0.3) is 21.8 Å². The minimum absolute atomic E-state index is 0.0169. The Morgan fingerprint density at radius 3 is 2.61 bits per heavy atom. The Bertz CT molecular complexity index is 1320. The van der Waals surface area contributed by atoms with Gasteiger partial charge in [0.15, 0.2) is 0 Å². The number of hydrogen-bond acceptors (Lipinski definition) is 5. The van der Waals surface area contributed by atoms with Crippen LogP contribution in [0.4, 0.5) is 0 Å². The Morgan fingerprint density at radius 1 is 0.964 bits per heavy atom. The number of para-hydroxylation sites is 2. The summed E-state index contributed by atoms with van der Waals surface area (Å²) in [5.74, 6) is -0.654. The largest absolute Gasteiger partial charge is 0.284 e. The van der Waals surface area contributed by atoms with Crippen LogP contribution in [0.1, 0.15) is 16.1 Å². The summed E-state index contributed by atoms with van der Waals surface area (Å²) < 4.78 is 25.4. The summed E-state index contributed by atoms with van der Waals surface area (Å²) in [5, 5.41) is 1.59. The van der Waals surface area contributed by atoms with Crippen molar-refractivity contribution in [3.63, 3.8) is 0 Å². The van der Waals surface area contributed by atoms with Gasteiger partial charge in [0, 0.05) is 17.0 Å². The third-order valence-corrected chi connectivity index (χ3v) is 5.51. The molecular weight excluding hydrogens is 376 g/mol. The number of carbonyl (C=O) groups is 1. The Balaban J connectivity index is 1.59. The van der Waals surface area contributed by atoms with Gasteiger partial charge in [-0.05, 0) is 36.8 Å². The highest BCUT2D eigenvalue weighted by Gasteiger charge is 2.20. The number of nitrogens with zero attached hydrogens (tertiary/aromatic N) is 2. The Kier molecular flexibility index (Phi) is 4.50. The fourth-order valence-electron chi connectivity index (χ4n) is 2.88. The molecule has 8 heteroatoms. The molecule has 140 valence electrons. The number of aryl methyl sites for hydroxylation is 1. The lowest BCUT2D eigenvalue weighted by Crippen LogP contribution is -2.41. The van der Waals surface area contributed by atoms with E-state index in [0.717, 1.165) is 10.9 Å². The number of aromatic nitrogens is 2. The minimum Gasteiger partial charge on any atom is -0.272 e. The summed E-state index contributed by atoms with van der Waals surface area (Å²) >= 11 is 0. The Hall–Kier alpha value is -3.36. The fraction of sp³-hybridized carbons (Fsp3) is 0.0500. The number of benzene rings is 2. The van der Waals surface area contributed by atoms with Crippen LogP contribution < -0.4 is 10.3 Å². The van der Waals surface area contributed by atoms with Gasteiger partial charge in [-0.15, -0.1) is 4.83 Å². The molecule has 28 heavy (non-hydrogen) atoms. The predicted molar refractivity (Wildman–Crippen MR) is 106 cm³/mol. The number of fused-ring (bicyclic) bond motifs is 2. The third kappa shape index (κ3) is 3.42. The zero-order valence-electron chi connectivity index (χ0n) is 14.9. The number of nitrogens with one attached hydrogen (secondary N) is 2. The van der Waals surface area contributed by atoms with Crippen LogP contribution in [0.2, 0.25) is 0 Å². The fourth-order valence-corrected chi connectivity index (χ4v) is 3.90. The number of carbonyl (C=O) groups excluding carboxylic acids is 1. The third-order valence-electron chi connectivity index (χ3n) is 4.23. The highest BCUT2D eigenvalue weighted by Crippen LogP contribution is 2.21. The predicted octanol–water partition coefficient (Wildman–Crippen LogP) is 2.71. The van der Waals surface area contributed by atoms with Gasteiger partial charge in [-0.3, -0.25) is 15.2 Å². The minimum atomic E-state index is -4.02. The lowest BCUT2D eigenvalue weighted by atomic mass is 10.2. The summed E-state index contributed by atoms with van der Waals surface area (Å²) in [6.07, 6.45) is 1.60. The molecule has 0 aliphatic carbocycles. The molecule has 0 fully saturated rings. The van der Waals surface area contributed by atoms with Gasteiger partial charge >= 0.3 is 0 Å². The van der Waals surface area contributed by atoms with Crippen LogP contribution in [0.15, 0.2) is 71.8 Å². The maximum Gasteiger partial charge on any atom is 0.284 e. The van der Waals surface area contributed by atoms with Crippen LogP contribution in [0, 0.1) is 6.92 Å². The number of amides is 1. The van der Waals surface area contributed by atoms with E-state index in [4.69, 9.17) is 0 Å². The van der Waals surface area contributed by atoms with Crippen molar-refractivity contribution >= 4 is 37.7 Å². The zero-order chi connectivity index (χ0) is 19.7. The molecule has 2 aromatic carbocycles. The average Bonchev–Trinajstić information content (AvgIpc) is 2.71. The second kappa shape index (κ2) is 6.99. The second-order valence-electron chi connectivity index (χ2n) is 6.29. The van der Waals surface area contributed by atoms with Crippen molar-refractivity contribution in [2.75, 3.05) is 0 Å². The summed E-state index contributed by atoms with van der Waals surface area (Å²) in [7, 11) is -4.02. The molecule has 2 N–H and O–H groups in total. The molecule has 0 spiro atoms. The van der Waals surface area contributed by atoms with E-state index < -0.39 is 15.9 Å². The molecule has 0 radical (unpaired) electrons. The van der Waals surface area contributed by atoms with Gasteiger partial charge in [-0.1, -0.05) is 36.4 Å². The molecule has 0 aliphatic heterocycles. The van der Waals surface area contributed by atoms with Crippen LogP contribution in [0.5, 0.6) is 0 Å². The molecule has 1 amide bonds. The lowest BCUT2D eigenvalue weighted by molar-refractivity contribution is 0.0940. The second-order valence-corrected chi connectivity index (χ2v) is 7.94. The van der Waals surface area contributed by atoms with Gasteiger partial charge < -0.3 is 0 Å². The normalized spacial score (nSPS) is 11.6. The molecule has 0 bridgehead atoms. The van der Waals surface area contributed by atoms with Crippen molar-refractivity contribution in [3.05, 3.63) is 78.1 Å². The van der Waals surface area contributed by atoms with E-state index in [0.29, 0.717) is 16.4 Å². The van der Waals surface area contributed by atoms with Gasteiger partial charge in [0.1, 0.15) is 10.6 Å². The van der Waals surface area contributed by atoms with Crippen molar-refractivity contribution in [1.82, 2.24) is 20.2 Å². The summed E-state index contributed by atoms with van der Waals surface area (Å²) in [6, 6.07) is 17.3. The first-order chi connectivity index (χ1) is 13.4. The van der Waals surface area contributed by atoms with E-state index in [1.165, 1.54) is 12.1 Å². The van der Waals surface area contributed by atoms with Crippen molar-refractivity contribution in [2.24, 2.45) is 0 Å². The van der Waals surface area contributed by atoms with E-state index >= 15 is 0 Å². The molecule has 7 nitrogen and oxygen atoms in total. The summed E-state index contributed by atoms with van der Waals surface area (Å²) in [5.41, 5.74) is 4.22. The average molecular weight is 392 g/mol. The van der Waals surface area contributed by atoms with Gasteiger partial charge in [0.05, 0.1) is 11.0 Å². The van der Waals surface area contributed by atoms with Crippen molar-refractivity contribution in [3.8, 4) is 0 Å². The smallest absolute Gasteiger partial charge is 0.272 e. The number of hydrazine groups is 1. The highest BCUT2D eigenvalue weighted by molar-refractivity contribution is 7.89. The van der Waals surface area contributed by atoms with Gasteiger partial charge in [-0.25, -0.2) is 13.4 Å². The maximum absolute atomic E-state index is 12.7. The SMILES string of the molecule is Cc1cnc2c(S(=O)(=O)NNC(=O)c3ccc4ccccc4n3)cccc2c1. The maximum atomic E-state index is 12.7. The molecule has 0 saturated carbocycles. The van der Waals surface area contributed by atoms with Crippen LogP contribution >= 0.6 is 0 Å². The first-order valence-electron chi connectivity index (χ1n) is 8.47. The van der Waals surface area contributed by atoms with Crippen LogP contribution in [-0.4, -0.2) is 24.3 Å². The molecule has 0 saturated heterocycles. The standard InChI is InChI=1S/C20H16N4O3S/c1-13-11-15-6-4-8-18(19(15)21-12-13)28(26,27)24-23-20(25)17-10-9-14-5-2-3-7-16(14)22-17/h2-12,24H,1H3,(H,23,25). The highest BCUT2D eigenvalue weighted by atomic mass is 32.2. The molecule has 0 atom stereocenters. The molecular formula is C20H16N4O3S. The molecule has 2 aromatic heterocycles. The molecule has 2 heterocycles. The zero-order valence-corrected chi connectivity index (χ0v) is 15.7. The van der Waals surface area contributed by atoms with Crippen molar-refractivity contribution < 1.29 is 13.2 Å². The first kappa shape index (κ1) is 18.0. The van der Waals surface area contributed by atoms with E-state index in [2.05, 4.69) is 20.2 Å². The van der Waals surface area contributed by atoms with Gasteiger partial charge in [0.25, 0.3) is 15.9 Å². The molecule has 4 aromatic rings. The van der Waals surface area contributed by atoms with Crippen molar-refractivity contribution in [2.45, 2.75) is 11.8 Å². The topological polar surface area (TPSA) is 101 Å². The van der Waals surface area contributed by atoms with E-state index in [1.54, 1.807) is 30.5 Å². The van der Waals surface area contributed by atoms with Crippen molar-refractivity contribution in [1.29, 1.82) is 0 Å². The quantitative estimate of drug-likeness (QED) is 0.520. The van der Waals surface area contributed by atoms with Crippen LogP contribution in [-0.2, 0) is 10.0 Å². The summed E-state index contributed by atoms with van der Waals surface area (Å²) in [4.78, 5) is 22.9. The number of rotatable bonds is 4. The monoisotopic (exact) mass is 392 g/mol. The number of hydrogen-bond donors (Lipinski definition) is 2. The molecule has 0 aliphatic rings. The Morgan fingerprint density at radius 2 is 1.75 bits per heavy atom. The molecule has 4 rings (SSSR count). The number of pyridine rings is 2. The van der Waals surface area contributed by atoms with Gasteiger partial charge in [-0.2, -0.15) is 0 Å². The lowest BCUT2D eigenvalue weighted by Gasteiger charge is -2.10. The number of sulfonamides is 1. The van der Waals surface area contributed by atoms with Crippen LogP contribution in [0.3, 0.4) is 0 Å². The Labute approximate surface area is 161 Å². The van der Waals surface area contributed by atoms with E-state index in [1.807, 2.05) is 31.2 Å². The van der Waals surface area contributed by atoms with E-state index in [9.17, 15) is 13.2 Å². The summed E-state index contributed by atoms with van der Waals surface area (Å²) in [6.45, 7) is 1.88.